The van der Waals surface area contributed by atoms with Crippen molar-refractivity contribution in [2.24, 2.45) is 0 Å². The van der Waals surface area contributed by atoms with Gasteiger partial charge in [0.05, 0.1) is 6.04 Å². The molecule has 0 radical (unpaired) electrons. The van der Waals surface area contributed by atoms with Crippen molar-refractivity contribution >= 4 is 11.9 Å². The molecule has 3 amide bonds. The molecular formula is C19H25N5O2. The minimum absolute atomic E-state index is 0.160. The lowest BCUT2D eigenvalue weighted by molar-refractivity contribution is -0.128. The molecule has 1 aliphatic rings. The topological polar surface area (TPSA) is 79.3 Å². The molecule has 1 aliphatic heterocycles. The van der Waals surface area contributed by atoms with E-state index in [1.54, 1.807) is 6.20 Å². The van der Waals surface area contributed by atoms with Crippen LogP contribution in [0.1, 0.15) is 30.9 Å². The molecule has 0 spiro atoms. The molecule has 3 rings (SSSR count). The molecule has 2 N–H and O–H groups in total. The number of hydrogen-bond donors (Lipinski definition) is 2. The number of nitrogens with one attached hydrogen (secondary N) is 2. The average Bonchev–Trinajstić information content (AvgIpc) is 3.31. The van der Waals surface area contributed by atoms with Crippen molar-refractivity contribution < 1.29 is 9.59 Å². The van der Waals surface area contributed by atoms with Crippen molar-refractivity contribution in [2.75, 3.05) is 19.6 Å². The number of benzene rings is 1. The van der Waals surface area contributed by atoms with Crippen molar-refractivity contribution in [2.45, 2.75) is 31.8 Å². The first-order valence-corrected chi connectivity index (χ1v) is 9.07. The van der Waals surface area contributed by atoms with Gasteiger partial charge in [-0.25, -0.2) is 4.79 Å². The first-order valence-electron chi connectivity index (χ1n) is 9.07. The third-order valence-corrected chi connectivity index (χ3v) is 4.49. The van der Waals surface area contributed by atoms with E-state index in [2.05, 4.69) is 15.7 Å². The average molecular weight is 355 g/mol. The predicted octanol–water partition coefficient (Wildman–Crippen LogP) is 1.94. The Balaban J connectivity index is 1.51. The van der Waals surface area contributed by atoms with Crippen molar-refractivity contribution in [3.63, 3.8) is 0 Å². The van der Waals surface area contributed by atoms with E-state index >= 15 is 0 Å². The summed E-state index contributed by atoms with van der Waals surface area (Å²) in [6.45, 7) is 2.59. The molecule has 1 aromatic heterocycles. The summed E-state index contributed by atoms with van der Waals surface area (Å²) in [5.41, 5.74) is 0.999. The van der Waals surface area contributed by atoms with E-state index in [1.165, 1.54) is 0 Å². The van der Waals surface area contributed by atoms with Crippen LogP contribution in [0.4, 0.5) is 4.79 Å². The van der Waals surface area contributed by atoms with E-state index in [1.807, 2.05) is 52.2 Å². The standard InChI is InChI=1S/C19H25N5O2/c25-18-9-4-12-23(18)15-17(16-7-2-1-3-8-16)22-19(26)20-10-5-13-24-14-6-11-21-24/h1-3,6-8,11,14,17H,4-5,9-10,12-13,15H2,(H2,20,22,26). The van der Waals surface area contributed by atoms with Gasteiger partial charge in [0.2, 0.25) is 5.91 Å². The Bertz CT molecular complexity index is 702. The molecule has 0 bridgehead atoms. The highest BCUT2D eigenvalue weighted by Gasteiger charge is 2.25. The molecule has 0 saturated carbocycles. The summed E-state index contributed by atoms with van der Waals surface area (Å²) < 4.78 is 1.84. The summed E-state index contributed by atoms with van der Waals surface area (Å²) in [4.78, 5) is 26.1. The van der Waals surface area contributed by atoms with E-state index in [0.717, 1.165) is 31.5 Å². The van der Waals surface area contributed by atoms with Crippen LogP contribution in [0.15, 0.2) is 48.8 Å². The molecule has 1 unspecified atom stereocenters. The zero-order valence-corrected chi connectivity index (χ0v) is 14.8. The molecule has 7 nitrogen and oxygen atoms in total. The van der Waals surface area contributed by atoms with E-state index in [9.17, 15) is 9.59 Å². The smallest absolute Gasteiger partial charge is 0.315 e. The number of urea groups is 1. The van der Waals surface area contributed by atoms with Gasteiger partial charge < -0.3 is 15.5 Å². The number of amides is 3. The molecule has 138 valence electrons. The molecule has 1 atom stereocenters. The summed E-state index contributed by atoms with van der Waals surface area (Å²) in [7, 11) is 0. The van der Waals surface area contributed by atoms with Crippen LogP contribution < -0.4 is 10.6 Å². The van der Waals surface area contributed by atoms with Crippen LogP contribution in [0, 0.1) is 0 Å². The Kier molecular flexibility index (Phi) is 6.24. The van der Waals surface area contributed by atoms with E-state index in [-0.39, 0.29) is 18.0 Å². The van der Waals surface area contributed by atoms with Crippen molar-refractivity contribution in [3.05, 3.63) is 54.4 Å². The molecule has 1 saturated heterocycles. The summed E-state index contributed by atoms with van der Waals surface area (Å²) in [5, 5.41) is 10.0. The van der Waals surface area contributed by atoms with Crippen LogP contribution in [0.3, 0.4) is 0 Å². The minimum Gasteiger partial charge on any atom is -0.340 e. The maximum Gasteiger partial charge on any atom is 0.315 e. The summed E-state index contributed by atoms with van der Waals surface area (Å²) >= 11 is 0. The molecule has 0 aliphatic carbocycles. The molecule has 2 heterocycles. The predicted molar refractivity (Wildman–Crippen MR) is 98.4 cm³/mol. The van der Waals surface area contributed by atoms with Gasteiger partial charge in [-0.15, -0.1) is 0 Å². The molecule has 7 heteroatoms. The van der Waals surface area contributed by atoms with Gasteiger partial charge in [-0.2, -0.15) is 5.10 Å². The second-order valence-corrected chi connectivity index (χ2v) is 6.43. The highest BCUT2D eigenvalue weighted by molar-refractivity contribution is 5.78. The number of aryl methyl sites for hydroxylation is 1. The first-order chi connectivity index (χ1) is 12.7. The van der Waals surface area contributed by atoms with Crippen molar-refractivity contribution in [3.8, 4) is 0 Å². The second-order valence-electron chi connectivity index (χ2n) is 6.43. The highest BCUT2D eigenvalue weighted by Crippen LogP contribution is 2.18. The van der Waals surface area contributed by atoms with Gasteiger partial charge in [-0.3, -0.25) is 9.48 Å². The zero-order chi connectivity index (χ0) is 18.2. The Hall–Kier alpha value is -2.83. The van der Waals surface area contributed by atoms with Gasteiger partial charge in [-0.1, -0.05) is 30.3 Å². The van der Waals surface area contributed by atoms with Crippen LogP contribution in [-0.4, -0.2) is 46.3 Å². The third-order valence-electron chi connectivity index (χ3n) is 4.49. The SMILES string of the molecule is O=C(NCCCn1cccn1)NC(CN1CCCC1=O)c1ccccc1. The fraction of sp³-hybridized carbons (Fsp3) is 0.421. The lowest BCUT2D eigenvalue weighted by Gasteiger charge is -2.25. The first kappa shape index (κ1) is 18.0. The van der Waals surface area contributed by atoms with E-state index < -0.39 is 0 Å². The number of rotatable bonds is 8. The van der Waals surface area contributed by atoms with Crippen LogP contribution in [-0.2, 0) is 11.3 Å². The monoisotopic (exact) mass is 355 g/mol. The molecule has 1 fully saturated rings. The van der Waals surface area contributed by atoms with Crippen molar-refractivity contribution in [1.29, 1.82) is 0 Å². The molecule has 26 heavy (non-hydrogen) atoms. The lowest BCUT2D eigenvalue weighted by atomic mass is 10.1. The van der Waals surface area contributed by atoms with E-state index in [0.29, 0.717) is 19.5 Å². The quantitative estimate of drug-likeness (QED) is 0.710. The summed E-state index contributed by atoms with van der Waals surface area (Å²) in [5.74, 6) is 0.160. The van der Waals surface area contributed by atoms with Gasteiger partial charge in [0.25, 0.3) is 0 Å². The summed E-state index contributed by atoms with van der Waals surface area (Å²) in [6, 6.07) is 11.2. The summed E-state index contributed by atoms with van der Waals surface area (Å²) in [6.07, 6.45) is 5.93. The zero-order valence-electron chi connectivity index (χ0n) is 14.8. The number of carbonyl (C=O) groups excluding carboxylic acids is 2. The second kappa shape index (κ2) is 9.03. The normalized spacial score (nSPS) is 15.1. The number of aromatic nitrogens is 2. The Morgan fingerprint density at radius 1 is 1.23 bits per heavy atom. The number of carbonyl (C=O) groups is 2. The Morgan fingerprint density at radius 3 is 2.77 bits per heavy atom. The van der Waals surface area contributed by atoms with Gasteiger partial charge in [0.1, 0.15) is 0 Å². The number of nitrogens with zero attached hydrogens (tertiary/aromatic N) is 3. The lowest BCUT2D eigenvalue weighted by Crippen LogP contribution is -2.43. The third kappa shape index (κ3) is 5.08. The number of likely N-dealkylation sites (tertiary alicyclic amines) is 1. The maximum atomic E-state index is 12.3. The van der Waals surface area contributed by atoms with Crippen molar-refractivity contribution in [1.82, 2.24) is 25.3 Å². The van der Waals surface area contributed by atoms with Crippen LogP contribution in [0.5, 0.6) is 0 Å². The molecule has 1 aromatic carbocycles. The molecule has 2 aromatic rings. The van der Waals surface area contributed by atoms with Gasteiger partial charge in [-0.05, 0) is 24.5 Å². The minimum atomic E-state index is -0.218. The van der Waals surface area contributed by atoms with Gasteiger partial charge in [0, 0.05) is 45.0 Å². The Labute approximate surface area is 153 Å². The largest absolute Gasteiger partial charge is 0.340 e. The Morgan fingerprint density at radius 2 is 2.08 bits per heavy atom. The highest BCUT2D eigenvalue weighted by atomic mass is 16.2. The fourth-order valence-electron chi connectivity index (χ4n) is 3.12. The van der Waals surface area contributed by atoms with Gasteiger partial charge in [0.15, 0.2) is 0 Å². The van der Waals surface area contributed by atoms with Crippen LogP contribution in [0.2, 0.25) is 0 Å². The maximum absolute atomic E-state index is 12.3. The fourth-order valence-corrected chi connectivity index (χ4v) is 3.12. The van der Waals surface area contributed by atoms with Gasteiger partial charge >= 0.3 is 6.03 Å². The molecular weight excluding hydrogens is 330 g/mol. The van der Waals surface area contributed by atoms with E-state index in [4.69, 9.17) is 0 Å². The van der Waals surface area contributed by atoms with Crippen LogP contribution >= 0.6 is 0 Å². The number of hydrogen-bond acceptors (Lipinski definition) is 3. The van der Waals surface area contributed by atoms with Crippen LogP contribution in [0.25, 0.3) is 0 Å².